The van der Waals surface area contributed by atoms with Gasteiger partial charge >= 0.3 is 10.3 Å². The largest absolute Gasteiger partial charge is 0.383 e. The van der Waals surface area contributed by atoms with Crippen LogP contribution in [0.25, 0.3) is 0 Å². The second-order valence-corrected chi connectivity index (χ2v) is 6.63. The van der Waals surface area contributed by atoms with E-state index in [9.17, 15) is 13.2 Å². The first-order valence-corrected chi connectivity index (χ1v) is 8.33. The molecule has 3 rings (SSSR count). The summed E-state index contributed by atoms with van der Waals surface area (Å²) in [6.07, 6.45) is -0.0139. The van der Waals surface area contributed by atoms with Crippen molar-refractivity contribution in [1.29, 1.82) is 0 Å². The van der Waals surface area contributed by atoms with E-state index >= 15 is 0 Å². The Bertz CT molecular complexity index is 821. The summed E-state index contributed by atoms with van der Waals surface area (Å²) in [5.74, 6) is 0.0233. The van der Waals surface area contributed by atoms with Crippen molar-refractivity contribution in [2.45, 2.75) is 12.5 Å². The van der Waals surface area contributed by atoms with Gasteiger partial charge in [-0.2, -0.15) is 13.1 Å². The smallest absolute Gasteiger partial charge is 0.371 e. The molecule has 0 amide bonds. The van der Waals surface area contributed by atoms with Crippen molar-refractivity contribution in [2.24, 2.45) is 0 Å². The molecule has 5 nitrogen and oxygen atoms in total. The molecule has 0 radical (unpaired) electrons. The van der Waals surface area contributed by atoms with Crippen molar-refractivity contribution in [3.63, 3.8) is 0 Å². The molecule has 2 aromatic carbocycles. The van der Waals surface area contributed by atoms with E-state index in [0.717, 1.165) is 0 Å². The number of Topliss-reactive ketones (excluding diaryl/α,β-unsaturated/α-hetero) is 1. The van der Waals surface area contributed by atoms with Gasteiger partial charge in [-0.05, 0) is 18.2 Å². The maximum atomic E-state index is 12.3. The predicted octanol–water partition coefficient (Wildman–Crippen LogP) is 2.88. The molecule has 0 aliphatic carbocycles. The summed E-state index contributed by atoms with van der Waals surface area (Å²) in [5.41, 5.74) is 1.07. The molecule has 1 aliphatic heterocycles. The summed E-state index contributed by atoms with van der Waals surface area (Å²) in [5, 5.41) is 0.445. The Morgan fingerprint density at radius 3 is 2.64 bits per heavy atom. The summed E-state index contributed by atoms with van der Waals surface area (Å²) < 4.78 is 30.7. The number of benzene rings is 2. The van der Waals surface area contributed by atoms with Crippen molar-refractivity contribution in [1.82, 2.24) is 4.72 Å². The molecule has 1 atom stereocenters. The molecule has 0 bridgehead atoms. The molecule has 1 aliphatic rings. The van der Waals surface area contributed by atoms with Gasteiger partial charge in [0.25, 0.3) is 0 Å². The molecule has 1 N–H and O–H groups in total. The van der Waals surface area contributed by atoms with Crippen LogP contribution in [0, 0.1) is 0 Å². The third-order valence-corrected chi connectivity index (χ3v) is 4.53. The highest BCUT2D eigenvalue weighted by Crippen LogP contribution is 2.35. The molecule has 0 saturated carbocycles. The number of halogens is 1. The molecule has 0 unspecified atom stereocenters. The van der Waals surface area contributed by atoms with E-state index in [-0.39, 0.29) is 18.0 Å². The summed E-state index contributed by atoms with van der Waals surface area (Å²) in [4.78, 5) is 12.3. The van der Waals surface area contributed by atoms with Crippen LogP contribution in [0.2, 0.25) is 5.02 Å². The van der Waals surface area contributed by atoms with Gasteiger partial charge in [-0.25, -0.2) is 0 Å². The molecule has 1 heterocycles. The van der Waals surface area contributed by atoms with Crippen molar-refractivity contribution in [2.75, 3.05) is 0 Å². The first kappa shape index (κ1) is 15.0. The molecular weight excluding hydrogens is 326 g/mol. The van der Waals surface area contributed by atoms with E-state index in [1.54, 1.807) is 30.3 Å². The quantitative estimate of drug-likeness (QED) is 0.874. The fourth-order valence-corrected chi connectivity index (χ4v) is 3.50. The van der Waals surface area contributed by atoms with E-state index in [0.29, 0.717) is 16.1 Å². The molecule has 0 fully saturated rings. The molecule has 2 aromatic rings. The van der Waals surface area contributed by atoms with Gasteiger partial charge in [0.15, 0.2) is 5.78 Å². The van der Waals surface area contributed by atoms with Gasteiger partial charge in [0.1, 0.15) is 5.75 Å². The number of rotatable bonds is 3. The van der Waals surface area contributed by atoms with Crippen LogP contribution >= 0.6 is 11.6 Å². The lowest BCUT2D eigenvalue weighted by Crippen LogP contribution is -2.37. The predicted molar refractivity (Wildman–Crippen MR) is 82.3 cm³/mol. The maximum absolute atomic E-state index is 12.3. The third kappa shape index (κ3) is 3.14. The van der Waals surface area contributed by atoms with Crippen LogP contribution in [0.1, 0.15) is 28.4 Å². The van der Waals surface area contributed by atoms with Gasteiger partial charge in [0.05, 0.1) is 6.04 Å². The number of nitrogens with one attached hydrogen (secondary N) is 1. The van der Waals surface area contributed by atoms with E-state index < -0.39 is 16.3 Å². The average molecular weight is 338 g/mol. The van der Waals surface area contributed by atoms with Gasteiger partial charge in [-0.1, -0.05) is 41.9 Å². The van der Waals surface area contributed by atoms with E-state index in [4.69, 9.17) is 15.8 Å². The van der Waals surface area contributed by atoms with E-state index in [1.807, 2.05) is 6.07 Å². The number of ketones is 1. The van der Waals surface area contributed by atoms with E-state index in [1.165, 1.54) is 12.1 Å². The molecular formula is C15H12ClNO4S. The highest BCUT2D eigenvalue weighted by molar-refractivity contribution is 7.85. The molecule has 0 spiro atoms. The summed E-state index contributed by atoms with van der Waals surface area (Å²) >= 11 is 5.95. The Labute approximate surface area is 133 Å². The monoisotopic (exact) mass is 337 g/mol. The van der Waals surface area contributed by atoms with Crippen LogP contribution in [-0.2, 0) is 10.3 Å². The molecule has 114 valence electrons. The van der Waals surface area contributed by atoms with Gasteiger partial charge < -0.3 is 4.18 Å². The number of hydrogen-bond donors (Lipinski definition) is 1. The Kier molecular flexibility index (Phi) is 3.90. The number of fused-ring (bicyclic) bond motifs is 1. The van der Waals surface area contributed by atoms with Crippen molar-refractivity contribution in [3.05, 3.63) is 64.7 Å². The molecule has 0 aromatic heterocycles. The Morgan fingerprint density at radius 2 is 1.91 bits per heavy atom. The highest BCUT2D eigenvalue weighted by Gasteiger charge is 2.32. The molecule has 22 heavy (non-hydrogen) atoms. The van der Waals surface area contributed by atoms with Crippen LogP contribution in [0.3, 0.4) is 0 Å². The Balaban J connectivity index is 1.93. The fourth-order valence-electron chi connectivity index (χ4n) is 2.33. The van der Waals surface area contributed by atoms with E-state index in [2.05, 4.69) is 4.72 Å². The SMILES string of the molecule is O=C(C[C@H]1NS(=O)(=O)Oc2ccc(Cl)cc21)c1ccccc1. The lowest BCUT2D eigenvalue weighted by molar-refractivity contribution is 0.0971. The Hall–Kier alpha value is -1.89. The van der Waals surface area contributed by atoms with Crippen LogP contribution in [-0.4, -0.2) is 14.2 Å². The number of carbonyl (C=O) groups excluding carboxylic acids is 1. The average Bonchev–Trinajstić information content (AvgIpc) is 2.48. The van der Waals surface area contributed by atoms with Gasteiger partial charge in [-0.3, -0.25) is 4.79 Å². The first-order chi connectivity index (χ1) is 10.4. The number of carbonyl (C=O) groups is 1. The molecule has 7 heteroatoms. The summed E-state index contributed by atoms with van der Waals surface area (Å²) in [7, 11) is -3.93. The minimum atomic E-state index is -3.93. The fraction of sp³-hybridized carbons (Fsp3) is 0.133. The van der Waals surface area contributed by atoms with Crippen molar-refractivity contribution in [3.8, 4) is 5.75 Å². The van der Waals surface area contributed by atoms with Gasteiger partial charge in [-0.15, -0.1) is 0 Å². The van der Waals surface area contributed by atoms with Crippen LogP contribution in [0.5, 0.6) is 5.75 Å². The third-order valence-electron chi connectivity index (χ3n) is 3.32. The van der Waals surface area contributed by atoms with Crippen molar-refractivity contribution >= 4 is 27.7 Å². The molecule has 0 saturated heterocycles. The maximum Gasteiger partial charge on any atom is 0.383 e. The zero-order valence-corrected chi connectivity index (χ0v) is 12.9. The van der Waals surface area contributed by atoms with Crippen LogP contribution in [0.4, 0.5) is 0 Å². The minimum absolute atomic E-state index is 0.0139. The Morgan fingerprint density at radius 1 is 1.18 bits per heavy atom. The lowest BCUT2D eigenvalue weighted by atomic mass is 9.98. The highest BCUT2D eigenvalue weighted by atomic mass is 35.5. The zero-order chi connectivity index (χ0) is 15.7. The lowest BCUT2D eigenvalue weighted by Gasteiger charge is -2.26. The normalized spacial score (nSPS) is 19.0. The topological polar surface area (TPSA) is 72.5 Å². The minimum Gasteiger partial charge on any atom is -0.371 e. The number of hydrogen-bond acceptors (Lipinski definition) is 4. The second kappa shape index (κ2) is 5.72. The zero-order valence-electron chi connectivity index (χ0n) is 11.3. The first-order valence-electron chi connectivity index (χ1n) is 6.54. The standard InChI is InChI=1S/C15H12ClNO4S/c16-11-6-7-15-12(8-11)13(17-22(19,20)21-15)9-14(18)10-4-2-1-3-5-10/h1-8,13,17H,9H2/t13-/m1/s1. The second-order valence-electron chi connectivity index (χ2n) is 4.88. The summed E-state index contributed by atoms with van der Waals surface area (Å²) in [6, 6.07) is 12.6. The van der Waals surface area contributed by atoms with Crippen LogP contribution < -0.4 is 8.91 Å². The van der Waals surface area contributed by atoms with Crippen LogP contribution in [0.15, 0.2) is 48.5 Å². The van der Waals surface area contributed by atoms with Crippen molar-refractivity contribution < 1.29 is 17.4 Å². The summed E-state index contributed by atoms with van der Waals surface area (Å²) in [6.45, 7) is 0. The van der Waals surface area contributed by atoms with Gasteiger partial charge in [0, 0.05) is 22.6 Å². The van der Waals surface area contributed by atoms with Gasteiger partial charge in [0.2, 0.25) is 0 Å².